The predicted octanol–water partition coefficient (Wildman–Crippen LogP) is 3.22. The second-order valence-corrected chi connectivity index (χ2v) is 3.73. The largest absolute Gasteiger partial charge is 0.508 e. The third kappa shape index (κ3) is 2.22. The Morgan fingerprint density at radius 1 is 0.944 bits per heavy atom. The first-order valence-electron chi connectivity index (χ1n) is 5.36. The summed E-state index contributed by atoms with van der Waals surface area (Å²) in [4.78, 5) is 0. The molecule has 0 amide bonds. The van der Waals surface area contributed by atoms with Crippen LogP contribution in [-0.2, 0) is 0 Å². The molecule has 0 aliphatic carbocycles. The third-order valence-electron chi connectivity index (χ3n) is 2.65. The summed E-state index contributed by atoms with van der Waals surface area (Å²) in [6.07, 6.45) is 0. The zero-order valence-electron chi connectivity index (χ0n) is 10.1. The van der Waals surface area contributed by atoms with Crippen molar-refractivity contribution in [3.05, 3.63) is 42.2 Å². The van der Waals surface area contributed by atoms with E-state index >= 15 is 0 Å². The van der Waals surface area contributed by atoms with Crippen LogP contribution in [0.5, 0.6) is 17.2 Å². The number of phenolic OH excluding ortho intramolecular Hbond substituents is 1. The van der Waals surface area contributed by atoms with Crippen LogP contribution in [0.4, 0.5) is 4.39 Å². The van der Waals surface area contributed by atoms with Gasteiger partial charge in [-0.2, -0.15) is 0 Å². The maximum absolute atomic E-state index is 13.7. The molecule has 2 aromatic rings. The first kappa shape index (κ1) is 12.2. The van der Waals surface area contributed by atoms with Gasteiger partial charge in [0.1, 0.15) is 11.6 Å². The second kappa shape index (κ2) is 4.96. The fourth-order valence-electron chi connectivity index (χ4n) is 1.74. The fraction of sp³-hybridized carbons (Fsp3) is 0.143. The highest BCUT2D eigenvalue weighted by atomic mass is 19.1. The summed E-state index contributed by atoms with van der Waals surface area (Å²) < 4.78 is 24.0. The first-order valence-corrected chi connectivity index (χ1v) is 5.36. The molecule has 0 spiro atoms. The molecule has 3 nitrogen and oxygen atoms in total. The van der Waals surface area contributed by atoms with Crippen LogP contribution in [0.25, 0.3) is 11.1 Å². The van der Waals surface area contributed by atoms with E-state index in [0.717, 1.165) is 6.07 Å². The lowest BCUT2D eigenvalue weighted by molar-refractivity contribution is 0.355. The number of hydrogen-bond donors (Lipinski definition) is 1. The van der Waals surface area contributed by atoms with Crippen molar-refractivity contribution < 1.29 is 19.0 Å². The molecule has 0 aliphatic rings. The van der Waals surface area contributed by atoms with E-state index in [1.165, 1.54) is 19.2 Å². The van der Waals surface area contributed by atoms with Crippen molar-refractivity contribution in [2.75, 3.05) is 14.2 Å². The molecule has 18 heavy (non-hydrogen) atoms. The number of phenols is 1. The number of ether oxygens (including phenoxy) is 2. The standard InChI is InChI=1S/C14H13FO3/c1-17-13-6-3-9(7-14(13)18-2)11-5-4-10(16)8-12(11)15/h3-8,16H,1-2H3. The molecule has 0 heterocycles. The van der Waals surface area contributed by atoms with Gasteiger partial charge >= 0.3 is 0 Å². The van der Waals surface area contributed by atoms with Crippen molar-refractivity contribution in [1.82, 2.24) is 0 Å². The lowest BCUT2D eigenvalue weighted by Gasteiger charge is -2.10. The number of halogens is 1. The van der Waals surface area contributed by atoms with Crippen LogP contribution in [0.3, 0.4) is 0 Å². The SMILES string of the molecule is COc1ccc(-c2ccc(O)cc2F)cc1OC. The quantitative estimate of drug-likeness (QED) is 0.906. The molecular formula is C14H13FO3. The molecule has 0 unspecified atom stereocenters. The summed E-state index contributed by atoms with van der Waals surface area (Å²) in [5.74, 6) is 0.529. The van der Waals surface area contributed by atoms with Gasteiger partial charge in [0, 0.05) is 11.6 Å². The highest BCUT2D eigenvalue weighted by molar-refractivity contribution is 5.68. The van der Waals surface area contributed by atoms with E-state index < -0.39 is 5.82 Å². The van der Waals surface area contributed by atoms with Gasteiger partial charge in [0.2, 0.25) is 0 Å². The molecule has 2 rings (SSSR count). The average Bonchev–Trinajstić information content (AvgIpc) is 2.38. The van der Waals surface area contributed by atoms with Crippen LogP contribution in [0.15, 0.2) is 36.4 Å². The molecule has 0 bridgehead atoms. The maximum Gasteiger partial charge on any atom is 0.161 e. The zero-order valence-corrected chi connectivity index (χ0v) is 10.1. The van der Waals surface area contributed by atoms with Crippen LogP contribution in [0.1, 0.15) is 0 Å². The Balaban J connectivity index is 2.51. The van der Waals surface area contributed by atoms with Crippen molar-refractivity contribution in [3.8, 4) is 28.4 Å². The molecular weight excluding hydrogens is 235 g/mol. The van der Waals surface area contributed by atoms with E-state index in [0.29, 0.717) is 22.6 Å². The average molecular weight is 248 g/mol. The second-order valence-electron chi connectivity index (χ2n) is 3.73. The molecule has 0 fully saturated rings. The van der Waals surface area contributed by atoms with Gasteiger partial charge < -0.3 is 14.6 Å². The van der Waals surface area contributed by atoms with Crippen molar-refractivity contribution in [1.29, 1.82) is 0 Å². The van der Waals surface area contributed by atoms with Crippen molar-refractivity contribution in [2.24, 2.45) is 0 Å². The molecule has 1 N–H and O–H groups in total. The van der Waals surface area contributed by atoms with E-state index in [4.69, 9.17) is 9.47 Å². The van der Waals surface area contributed by atoms with Crippen LogP contribution in [0, 0.1) is 5.82 Å². The topological polar surface area (TPSA) is 38.7 Å². The van der Waals surface area contributed by atoms with Gasteiger partial charge in [-0.15, -0.1) is 0 Å². The van der Waals surface area contributed by atoms with Gasteiger partial charge in [-0.1, -0.05) is 6.07 Å². The minimum Gasteiger partial charge on any atom is -0.508 e. The Bertz CT molecular complexity index is 567. The molecule has 4 heteroatoms. The Kier molecular flexibility index (Phi) is 3.37. The van der Waals surface area contributed by atoms with Crippen LogP contribution in [0.2, 0.25) is 0 Å². The van der Waals surface area contributed by atoms with E-state index in [2.05, 4.69) is 0 Å². The van der Waals surface area contributed by atoms with E-state index in [1.807, 2.05) is 0 Å². The number of hydrogen-bond acceptors (Lipinski definition) is 3. The summed E-state index contributed by atoms with van der Waals surface area (Å²) in [5, 5.41) is 9.18. The monoisotopic (exact) mass is 248 g/mol. The number of rotatable bonds is 3. The van der Waals surface area contributed by atoms with Gasteiger partial charge in [-0.3, -0.25) is 0 Å². The van der Waals surface area contributed by atoms with Crippen molar-refractivity contribution in [3.63, 3.8) is 0 Å². The predicted molar refractivity (Wildman–Crippen MR) is 66.6 cm³/mol. The molecule has 0 saturated carbocycles. The van der Waals surface area contributed by atoms with Crippen molar-refractivity contribution >= 4 is 0 Å². The number of methoxy groups -OCH3 is 2. The molecule has 0 radical (unpaired) electrons. The summed E-state index contributed by atoms with van der Waals surface area (Å²) in [6.45, 7) is 0. The Hall–Kier alpha value is -2.23. The summed E-state index contributed by atoms with van der Waals surface area (Å²) >= 11 is 0. The summed E-state index contributed by atoms with van der Waals surface area (Å²) in [5.41, 5.74) is 1.05. The molecule has 0 saturated heterocycles. The Labute approximate surface area is 104 Å². The van der Waals surface area contributed by atoms with Crippen LogP contribution < -0.4 is 9.47 Å². The van der Waals surface area contributed by atoms with Crippen LogP contribution in [-0.4, -0.2) is 19.3 Å². The minimum atomic E-state index is -0.484. The van der Waals surface area contributed by atoms with Crippen LogP contribution >= 0.6 is 0 Å². The zero-order chi connectivity index (χ0) is 13.1. The summed E-state index contributed by atoms with van der Waals surface area (Å²) in [6, 6.07) is 9.17. The maximum atomic E-state index is 13.7. The van der Waals surface area contributed by atoms with Gasteiger partial charge in [-0.05, 0) is 29.8 Å². The summed E-state index contributed by atoms with van der Waals surface area (Å²) in [7, 11) is 3.06. The smallest absolute Gasteiger partial charge is 0.161 e. The Morgan fingerprint density at radius 2 is 1.67 bits per heavy atom. The van der Waals surface area contributed by atoms with Gasteiger partial charge in [0.15, 0.2) is 11.5 Å². The van der Waals surface area contributed by atoms with E-state index in [9.17, 15) is 9.50 Å². The van der Waals surface area contributed by atoms with E-state index in [-0.39, 0.29) is 5.75 Å². The molecule has 0 aliphatic heterocycles. The van der Waals surface area contributed by atoms with Gasteiger partial charge in [0.25, 0.3) is 0 Å². The Morgan fingerprint density at radius 3 is 2.28 bits per heavy atom. The highest BCUT2D eigenvalue weighted by Gasteiger charge is 2.10. The lowest BCUT2D eigenvalue weighted by atomic mass is 10.0. The number of aromatic hydroxyl groups is 1. The van der Waals surface area contributed by atoms with Gasteiger partial charge in [-0.25, -0.2) is 4.39 Å². The number of benzene rings is 2. The molecule has 94 valence electrons. The molecule has 0 aromatic heterocycles. The lowest BCUT2D eigenvalue weighted by Crippen LogP contribution is -1.91. The molecule has 0 atom stereocenters. The fourth-order valence-corrected chi connectivity index (χ4v) is 1.74. The third-order valence-corrected chi connectivity index (χ3v) is 2.65. The van der Waals surface area contributed by atoms with E-state index in [1.54, 1.807) is 25.3 Å². The normalized spacial score (nSPS) is 10.2. The minimum absolute atomic E-state index is 0.100. The first-order chi connectivity index (χ1) is 8.65. The van der Waals surface area contributed by atoms with Crippen molar-refractivity contribution in [2.45, 2.75) is 0 Å². The highest BCUT2D eigenvalue weighted by Crippen LogP contribution is 2.33. The van der Waals surface area contributed by atoms with Gasteiger partial charge in [0.05, 0.1) is 14.2 Å². The molecule has 2 aromatic carbocycles.